The Hall–Kier alpha value is -12.4. The topological polar surface area (TPSA) is 358 Å². The molecule has 21 aromatic rings. The van der Waals surface area contributed by atoms with Crippen LogP contribution in [0.25, 0.3) is 97.1 Å². The number of benzene rings is 12. The number of hydrogen-bond donors (Lipinski definition) is 0. The van der Waals surface area contributed by atoms with Crippen molar-refractivity contribution in [1.29, 1.82) is 0 Å². The molecule has 0 spiro atoms. The number of halogens is 6. The average Bonchev–Trinajstić information content (AvgIpc) is 1.57. The van der Waals surface area contributed by atoms with Crippen LogP contribution in [0.5, 0.6) is 0 Å². The molecule has 150 heavy (non-hydrogen) atoms. The molecule has 0 aliphatic rings. The predicted molar refractivity (Wildman–Crippen MR) is 540 cm³/mol. The van der Waals surface area contributed by atoms with E-state index in [0.29, 0.717) is 71.8 Å². The molecule has 0 amide bonds. The number of carboxylic acids is 3. The second-order valence-electron chi connectivity index (χ2n) is 34.9. The molecule has 12 aromatic carbocycles. The zero-order valence-corrected chi connectivity index (χ0v) is 91.0. The Morgan fingerprint density at radius 3 is 0.700 bits per heavy atom. The van der Waals surface area contributed by atoms with Crippen molar-refractivity contribution in [3.63, 3.8) is 0 Å². The number of aromatic carboxylic acids is 3. The Labute approximate surface area is 929 Å². The third-order valence-corrected chi connectivity index (χ3v) is 32.0. The number of hydrogen-bond acceptors (Lipinski definition) is 27. The number of nitrogens with zero attached hydrogens (tertiary/aromatic N) is 12. The van der Waals surface area contributed by atoms with Crippen LogP contribution in [-0.2, 0) is 116 Å². The Kier molecular flexibility index (Phi) is 35.6. The van der Waals surface area contributed by atoms with E-state index in [-0.39, 0.29) is 106 Å². The molecule has 27 nitrogen and oxygen atoms in total. The number of para-hydroxylation sites is 3. The maximum absolute atomic E-state index is 12.8. The summed E-state index contributed by atoms with van der Waals surface area (Å²) in [5.74, 6) is -3.99. The molecule has 0 radical (unpaired) electrons. The van der Waals surface area contributed by atoms with E-state index in [4.69, 9.17) is 15.6 Å². The van der Waals surface area contributed by atoms with Crippen molar-refractivity contribution >= 4 is 138 Å². The van der Waals surface area contributed by atoms with Crippen molar-refractivity contribution in [2.45, 2.75) is 73.6 Å². The van der Waals surface area contributed by atoms with Crippen molar-refractivity contribution in [3.05, 3.63) is 446 Å². The van der Waals surface area contributed by atoms with E-state index >= 15 is 0 Å². The van der Waals surface area contributed by atoms with E-state index in [2.05, 4.69) is 58.6 Å². The van der Waals surface area contributed by atoms with Crippen LogP contribution in [0, 0.1) is 0 Å². The van der Waals surface area contributed by atoms with Gasteiger partial charge in [-0.25, -0.2) is 29.0 Å². The molecule has 0 aliphatic carbocycles. The Balaban J connectivity index is 0.000000159. The van der Waals surface area contributed by atoms with E-state index in [9.17, 15) is 70.6 Å². The molecular weight excluding hydrogens is 2080 g/mol. The summed E-state index contributed by atoms with van der Waals surface area (Å²) in [5.41, 5.74) is 18.5. The molecule has 9 aromatic heterocycles. The third kappa shape index (κ3) is 23.9. The Morgan fingerprint density at radius 1 is 0.273 bits per heavy atom. The number of thiophene rings is 3. The van der Waals surface area contributed by atoms with Gasteiger partial charge in [-0.2, -0.15) is 0 Å². The van der Waals surface area contributed by atoms with E-state index < -0.39 is 75.8 Å². The normalized spacial score (nSPS) is 12.8. The van der Waals surface area contributed by atoms with E-state index in [1.807, 2.05) is 303 Å². The minimum absolute atomic E-state index is 0. The number of carbonyl (C=O) groups is 3. The van der Waals surface area contributed by atoms with Gasteiger partial charge in [-0.05, 0) is 183 Å². The smallest absolute Gasteiger partial charge is 0.543 e. The van der Waals surface area contributed by atoms with Crippen LogP contribution < -0.4 is 104 Å². The summed E-state index contributed by atoms with van der Waals surface area (Å²) in [6.45, 7) is 0. The summed E-state index contributed by atoms with van der Waals surface area (Å²) in [5, 5.41) is 67.9. The third-order valence-electron chi connectivity index (χ3n) is 25.7. The molecule has 0 saturated carbocycles. The van der Waals surface area contributed by atoms with Gasteiger partial charge in [0.05, 0.1) is 117 Å². The summed E-state index contributed by atoms with van der Waals surface area (Å²) in [6, 6.07) is 107. The zero-order valence-electron chi connectivity index (χ0n) is 79.8. The van der Waals surface area contributed by atoms with Crippen molar-refractivity contribution in [2.24, 2.45) is 0 Å². The van der Waals surface area contributed by atoms with Gasteiger partial charge in [0.1, 0.15) is 16.6 Å². The maximum Gasteiger partial charge on any atom is 1.00 e. The molecule has 0 aliphatic heterocycles. The van der Waals surface area contributed by atoms with Crippen molar-refractivity contribution in [1.82, 2.24) is 59.9 Å². The van der Waals surface area contributed by atoms with Gasteiger partial charge in [-0.3, -0.25) is 13.7 Å². The standard InChI is InChI=1S/3C36H27F2N4O5PS.3Na/c3*37-46-48(45,47-38)22-26-12-10-24(11-13-26)20-36(28-6-2-1-3-7-28,42-32-9-5-4-8-30(32)40-41-42)21-25-14-16-27(17-15-25)29-23-49-33-19-18-31(35(43)44)39-34(29)33;;;/h3*1-19,23H,20-22H2,(H,43,44);;;/q;;;3*+1/p-3. The van der Waals surface area contributed by atoms with Gasteiger partial charge >= 0.3 is 111 Å². The fourth-order valence-electron chi connectivity index (χ4n) is 18.7. The first-order chi connectivity index (χ1) is 71.4. The molecule has 0 saturated heterocycles. The van der Waals surface area contributed by atoms with E-state index in [0.717, 1.165) is 131 Å². The van der Waals surface area contributed by atoms with Crippen molar-refractivity contribution in [2.75, 3.05) is 0 Å². The first-order valence-electron chi connectivity index (χ1n) is 45.4. The minimum Gasteiger partial charge on any atom is -0.543 e. The summed E-state index contributed by atoms with van der Waals surface area (Å²) < 4.78 is 141. The predicted octanol–water partition coefficient (Wildman–Crippen LogP) is 14.4. The fraction of sp³-hybridized carbons (Fsp3) is 0.111. The van der Waals surface area contributed by atoms with Gasteiger partial charge in [-0.1, -0.05) is 289 Å². The van der Waals surface area contributed by atoms with Gasteiger partial charge in [0, 0.05) is 71.4 Å². The summed E-state index contributed by atoms with van der Waals surface area (Å²) >= 11 is 4.46. The van der Waals surface area contributed by atoms with Crippen LogP contribution in [-0.4, -0.2) is 77.8 Å². The Bertz CT molecular complexity index is 7730. The van der Waals surface area contributed by atoms with Gasteiger partial charge in [0.15, 0.2) is 0 Å². The van der Waals surface area contributed by atoms with Crippen LogP contribution in [0.4, 0.5) is 27.2 Å². The fourth-order valence-corrected chi connectivity index (χ4v) is 23.7. The molecular formula is C108H78F6N12Na3O15P3S3. The number of pyridine rings is 3. The van der Waals surface area contributed by atoms with Crippen LogP contribution in [0.3, 0.4) is 0 Å². The average molecular weight is 2160 g/mol. The second-order valence-corrected chi connectivity index (χ2v) is 43.1. The number of rotatable bonds is 36. The van der Waals surface area contributed by atoms with Gasteiger partial charge in [-0.15, -0.1) is 77.7 Å². The van der Waals surface area contributed by atoms with E-state index in [1.165, 1.54) is 52.2 Å². The largest absolute Gasteiger partial charge is 1.00 e. The monoisotopic (exact) mass is 2150 g/mol. The summed E-state index contributed by atoms with van der Waals surface area (Å²) in [4.78, 5) is 47.5. The molecule has 9 heterocycles. The Morgan fingerprint density at radius 2 is 0.480 bits per heavy atom. The first-order valence-corrected chi connectivity index (χ1v) is 53.2. The molecule has 0 bridgehead atoms. The molecule has 21 rings (SSSR count). The molecule has 738 valence electrons. The SMILES string of the molecule is O=C([O-])c1ccc2scc(-c3ccc(CC(Cc4ccc(CP(=O)(OF)OF)cc4)(c4ccccc4)n4nnc5ccccc54)cc3)c2n1.O=C([O-])c1ccc2scc(-c3ccc(CC(Cc4ccc(CP(=O)(OF)OF)cc4)(c4ccccc4)n4nnc5ccccc54)cc3)c2n1.O=C([O-])c1ccc2scc(-c3ccc(CC(Cc4ccc(CP(=O)(OF)OF)cc4)(c4ccccc4)n4nnc5ccccc54)cc3)c2n1.[Na+].[Na+].[Na+]. The minimum atomic E-state index is -4.55. The number of aromatic nitrogens is 12. The van der Waals surface area contributed by atoms with Crippen LogP contribution in [0.15, 0.2) is 362 Å². The summed E-state index contributed by atoms with van der Waals surface area (Å²) in [7, 11) is -13.7. The molecule has 3 atom stereocenters. The van der Waals surface area contributed by atoms with E-state index in [1.54, 1.807) is 54.6 Å². The van der Waals surface area contributed by atoms with Gasteiger partial charge < -0.3 is 29.7 Å². The van der Waals surface area contributed by atoms with Crippen LogP contribution in [0.1, 0.15) is 98.2 Å². The quantitative estimate of drug-likeness (QED) is 0.0200. The number of carbonyl (C=O) groups excluding carboxylic acids is 3. The van der Waals surface area contributed by atoms with Crippen molar-refractivity contribution < 1.29 is 188 Å². The summed E-state index contributed by atoms with van der Waals surface area (Å²) in [6.07, 6.45) is 1.06. The molecule has 0 N–H and O–H groups in total. The number of carboxylic acid groups (broad SMARTS) is 3. The van der Waals surface area contributed by atoms with Gasteiger partial charge in [0.25, 0.3) is 0 Å². The maximum atomic E-state index is 12.8. The van der Waals surface area contributed by atoms with Crippen LogP contribution in [0.2, 0.25) is 0 Å². The molecule has 3 unspecified atom stereocenters. The number of fused-ring (bicyclic) bond motifs is 6. The zero-order chi connectivity index (χ0) is 102. The van der Waals surface area contributed by atoms with Crippen molar-refractivity contribution in [3.8, 4) is 33.4 Å². The first kappa shape index (κ1) is 110. The second kappa shape index (κ2) is 48.5. The molecule has 42 heteroatoms. The molecule has 0 fully saturated rings. The van der Waals surface area contributed by atoms with Gasteiger partial charge in [0.2, 0.25) is 0 Å². The van der Waals surface area contributed by atoms with Crippen LogP contribution >= 0.6 is 56.8 Å².